The summed E-state index contributed by atoms with van der Waals surface area (Å²) < 4.78 is 2.18. The molecule has 14 heavy (non-hydrogen) atoms. The van der Waals surface area contributed by atoms with E-state index in [0.29, 0.717) is 5.41 Å². The molecule has 2 nitrogen and oxygen atoms in total. The summed E-state index contributed by atoms with van der Waals surface area (Å²) >= 11 is 3.60. The van der Waals surface area contributed by atoms with E-state index >= 15 is 0 Å². The monoisotopic (exact) mass is 256 g/mol. The van der Waals surface area contributed by atoms with Crippen molar-refractivity contribution in [3.63, 3.8) is 0 Å². The van der Waals surface area contributed by atoms with Gasteiger partial charge in [-0.25, -0.2) is 0 Å². The molecule has 0 saturated heterocycles. The van der Waals surface area contributed by atoms with Crippen LogP contribution in [0.4, 0.5) is 0 Å². The Balaban J connectivity index is 2.21. The minimum Gasteiger partial charge on any atom is -0.269 e. The van der Waals surface area contributed by atoms with Crippen molar-refractivity contribution in [2.75, 3.05) is 5.33 Å². The Kier molecular flexibility index (Phi) is 2.46. The molecule has 0 N–H and O–H groups in total. The first-order valence-electron chi connectivity index (χ1n) is 5.14. The Morgan fingerprint density at radius 3 is 2.36 bits per heavy atom. The van der Waals surface area contributed by atoms with Gasteiger partial charge in [0.25, 0.3) is 0 Å². The Morgan fingerprint density at radius 2 is 2.00 bits per heavy atom. The lowest BCUT2D eigenvalue weighted by atomic mass is 10.1. The summed E-state index contributed by atoms with van der Waals surface area (Å²) in [6.07, 6.45) is 2.69. The zero-order valence-corrected chi connectivity index (χ0v) is 10.7. The predicted molar refractivity (Wildman–Crippen MR) is 61.9 cm³/mol. The molecule has 1 aromatic rings. The van der Waals surface area contributed by atoms with Gasteiger partial charge in [-0.15, -0.1) is 0 Å². The molecular weight excluding hydrogens is 240 g/mol. The van der Waals surface area contributed by atoms with Crippen LogP contribution in [-0.4, -0.2) is 15.1 Å². The number of rotatable bonds is 3. The number of hydrogen-bond donors (Lipinski definition) is 0. The van der Waals surface area contributed by atoms with Crippen LogP contribution in [0.25, 0.3) is 0 Å². The fraction of sp³-hybridized carbons (Fsp3) is 0.727. The summed E-state index contributed by atoms with van der Waals surface area (Å²) in [7, 11) is 0. The number of aryl methyl sites for hydroxylation is 1. The second-order valence-electron chi connectivity index (χ2n) is 4.59. The molecule has 3 heteroatoms. The summed E-state index contributed by atoms with van der Waals surface area (Å²) in [5.74, 6) is 0. The van der Waals surface area contributed by atoms with E-state index in [9.17, 15) is 0 Å². The molecule has 0 radical (unpaired) electrons. The molecule has 0 bridgehead atoms. The van der Waals surface area contributed by atoms with Gasteiger partial charge >= 0.3 is 0 Å². The van der Waals surface area contributed by atoms with Crippen LogP contribution in [0.1, 0.15) is 29.8 Å². The van der Waals surface area contributed by atoms with Crippen molar-refractivity contribution in [1.82, 2.24) is 9.78 Å². The third kappa shape index (κ3) is 1.62. The molecule has 0 unspecified atom stereocenters. The maximum atomic E-state index is 4.58. The standard InChI is InChI=1S/C11H17BrN2/c1-8-9(2)13-14(10(8)3)7-11(6-12)4-5-11/h4-7H2,1-3H3. The molecule has 2 rings (SSSR count). The van der Waals surface area contributed by atoms with Crippen LogP contribution in [0.5, 0.6) is 0 Å². The molecule has 1 aliphatic rings. The number of nitrogens with zero attached hydrogens (tertiary/aromatic N) is 2. The van der Waals surface area contributed by atoms with Gasteiger partial charge in [0.2, 0.25) is 0 Å². The molecule has 0 aliphatic heterocycles. The minimum absolute atomic E-state index is 0.510. The maximum absolute atomic E-state index is 4.58. The summed E-state index contributed by atoms with van der Waals surface area (Å²) in [6.45, 7) is 7.49. The summed E-state index contributed by atoms with van der Waals surface area (Å²) in [6, 6.07) is 0. The second-order valence-corrected chi connectivity index (χ2v) is 5.15. The lowest BCUT2D eigenvalue weighted by Gasteiger charge is -2.12. The average molecular weight is 257 g/mol. The van der Waals surface area contributed by atoms with Gasteiger partial charge in [0, 0.05) is 17.6 Å². The van der Waals surface area contributed by atoms with Gasteiger partial charge in [-0.2, -0.15) is 5.10 Å². The first-order valence-corrected chi connectivity index (χ1v) is 6.27. The van der Waals surface area contributed by atoms with E-state index in [2.05, 4.69) is 46.5 Å². The SMILES string of the molecule is Cc1nn(CC2(CBr)CC2)c(C)c1C. The van der Waals surface area contributed by atoms with Gasteiger partial charge < -0.3 is 0 Å². The second kappa shape index (κ2) is 3.37. The van der Waals surface area contributed by atoms with E-state index in [1.807, 2.05) is 0 Å². The van der Waals surface area contributed by atoms with Crippen molar-refractivity contribution in [2.24, 2.45) is 5.41 Å². The van der Waals surface area contributed by atoms with Crippen molar-refractivity contribution in [3.05, 3.63) is 17.0 Å². The van der Waals surface area contributed by atoms with E-state index in [0.717, 1.165) is 11.9 Å². The van der Waals surface area contributed by atoms with Crippen LogP contribution in [0.2, 0.25) is 0 Å². The summed E-state index contributed by atoms with van der Waals surface area (Å²) in [4.78, 5) is 0. The van der Waals surface area contributed by atoms with Gasteiger partial charge in [0.05, 0.1) is 5.69 Å². The molecule has 0 aromatic carbocycles. The zero-order chi connectivity index (χ0) is 10.3. The number of aromatic nitrogens is 2. The maximum Gasteiger partial charge on any atom is 0.0625 e. The summed E-state index contributed by atoms with van der Waals surface area (Å²) in [5.41, 5.74) is 4.35. The highest BCUT2D eigenvalue weighted by Crippen LogP contribution is 2.48. The summed E-state index contributed by atoms with van der Waals surface area (Å²) in [5, 5.41) is 5.69. The molecule has 0 amide bonds. The van der Waals surface area contributed by atoms with Crippen LogP contribution in [-0.2, 0) is 6.54 Å². The topological polar surface area (TPSA) is 17.8 Å². The highest BCUT2D eigenvalue weighted by atomic mass is 79.9. The molecule has 1 heterocycles. The van der Waals surface area contributed by atoms with Crippen LogP contribution < -0.4 is 0 Å². The molecule has 1 saturated carbocycles. The zero-order valence-electron chi connectivity index (χ0n) is 9.10. The fourth-order valence-corrected chi connectivity index (χ4v) is 2.51. The van der Waals surface area contributed by atoms with Gasteiger partial charge in [-0.05, 0) is 44.6 Å². The first-order chi connectivity index (χ1) is 6.58. The number of halogens is 1. The third-order valence-electron chi connectivity index (χ3n) is 3.47. The largest absolute Gasteiger partial charge is 0.269 e. The Bertz CT molecular complexity index is 350. The van der Waals surface area contributed by atoms with Gasteiger partial charge in [-0.3, -0.25) is 4.68 Å². The molecule has 0 atom stereocenters. The van der Waals surface area contributed by atoms with E-state index < -0.39 is 0 Å². The Hall–Kier alpha value is -0.310. The third-order valence-corrected chi connectivity index (χ3v) is 4.66. The highest BCUT2D eigenvalue weighted by Gasteiger charge is 2.42. The number of hydrogen-bond acceptors (Lipinski definition) is 1. The smallest absolute Gasteiger partial charge is 0.0625 e. The first kappa shape index (κ1) is 10.2. The van der Waals surface area contributed by atoms with Crippen LogP contribution >= 0.6 is 15.9 Å². The molecule has 78 valence electrons. The van der Waals surface area contributed by atoms with Crippen molar-refractivity contribution < 1.29 is 0 Å². The Morgan fingerprint density at radius 1 is 1.36 bits per heavy atom. The molecule has 1 aromatic heterocycles. The van der Waals surface area contributed by atoms with Crippen LogP contribution in [0.3, 0.4) is 0 Å². The molecule has 1 fully saturated rings. The van der Waals surface area contributed by atoms with Crippen LogP contribution in [0, 0.1) is 26.2 Å². The lowest BCUT2D eigenvalue weighted by Crippen LogP contribution is -2.15. The van der Waals surface area contributed by atoms with E-state index in [1.165, 1.54) is 29.8 Å². The molecule has 0 spiro atoms. The van der Waals surface area contributed by atoms with Crippen molar-refractivity contribution in [1.29, 1.82) is 0 Å². The lowest BCUT2D eigenvalue weighted by molar-refractivity contribution is 0.433. The highest BCUT2D eigenvalue weighted by molar-refractivity contribution is 9.09. The number of alkyl halides is 1. The Labute approximate surface area is 93.8 Å². The fourth-order valence-electron chi connectivity index (χ4n) is 1.77. The van der Waals surface area contributed by atoms with Crippen molar-refractivity contribution >= 4 is 15.9 Å². The quantitative estimate of drug-likeness (QED) is 0.761. The van der Waals surface area contributed by atoms with Crippen molar-refractivity contribution in [2.45, 2.75) is 40.2 Å². The van der Waals surface area contributed by atoms with Crippen LogP contribution in [0.15, 0.2) is 0 Å². The van der Waals surface area contributed by atoms with E-state index in [4.69, 9.17) is 0 Å². The van der Waals surface area contributed by atoms with E-state index in [-0.39, 0.29) is 0 Å². The molecular formula is C11H17BrN2. The van der Waals surface area contributed by atoms with Gasteiger partial charge in [0.15, 0.2) is 0 Å². The minimum atomic E-state index is 0.510. The predicted octanol–water partition coefficient (Wildman–Crippen LogP) is 2.98. The molecule has 1 aliphatic carbocycles. The average Bonchev–Trinajstić information content (AvgIpc) is 2.90. The van der Waals surface area contributed by atoms with Gasteiger partial charge in [0.1, 0.15) is 0 Å². The normalized spacial score (nSPS) is 18.6. The van der Waals surface area contributed by atoms with Gasteiger partial charge in [-0.1, -0.05) is 15.9 Å². The van der Waals surface area contributed by atoms with Crippen molar-refractivity contribution in [3.8, 4) is 0 Å². The van der Waals surface area contributed by atoms with E-state index in [1.54, 1.807) is 0 Å².